The van der Waals surface area contributed by atoms with E-state index in [9.17, 15) is 9.59 Å². The lowest BCUT2D eigenvalue weighted by Crippen LogP contribution is -2.41. The normalized spacial score (nSPS) is 15.4. The minimum absolute atomic E-state index is 0.0468. The van der Waals surface area contributed by atoms with Crippen molar-refractivity contribution in [1.82, 2.24) is 9.47 Å². The highest BCUT2D eigenvalue weighted by Crippen LogP contribution is 2.28. The van der Waals surface area contributed by atoms with E-state index in [1.807, 2.05) is 32.7 Å². The lowest BCUT2D eigenvalue weighted by atomic mass is 9.93. The fourth-order valence-corrected chi connectivity index (χ4v) is 3.89. The molecule has 1 aliphatic carbocycles. The molecule has 134 valence electrons. The average molecular weight is 334 g/mol. The quantitative estimate of drug-likeness (QED) is 0.773. The highest BCUT2D eigenvalue weighted by Gasteiger charge is 2.31. The van der Waals surface area contributed by atoms with Crippen LogP contribution in [0.4, 0.5) is 0 Å². The number of esters is 1. The van der Waals surface area contributed by atoms with E-state index in [2.05, 4.69) is 0 Å². The second-order valence-corrected chi connectivity index (χ2v) is 6.60. The zero-order valence-corrected chi connectivity index (χ0v) is 15.6. The molecular formula is C19H30N2O3. The van der Waals surface area contributed by atoms with Crippen LogP contribution in [0.25, 0.3) is 0 Å². The summed E-state index contributed by atoms with van der Waals surface area (Å²) in [4.78, 5) is 27.5. The molecule has 1 amide bonds. The monoisotopic (exact) mass is 334 g/mol. The Balaban J connectivity index is 2.38. The fourth-order valence-electron chi connectivity index (χ4n) is 3.89. The minimum Gasteiger partial charge on any atom is -0.461 e. The number of aromatic nitrogens is 1. The molecule has 1 aliphatic rings. The molecule has 1 fully saturated rings. The van der Waals surface area contributed by atoms with Crippen LogP contribution in [0, 0.1) is 13.8 Å². The van der Waals surface area contributed by atoms with Crippen molar-refractivity contribution in [3.8, 4) is 0 Å². The molecule has 5 heteroatoms. The largest absolute Gasteiger partial charge is 0.461 e. The zero-order chi connectivity index (χ0) is 17.9. The molecule has 0 aromatic carbocycles. The molecular weight excluding hydrogens is 304 g/mol. The summed E-state index contributed by atoms with van der Waals surface area (Å²) in [6, 6.07) is 0.321. The van der Waals surface area contributed by atoms with Crippen LogP contribution in [0.3, 0.4) is 0 Å². The van der Waals surface area contributed by atoms with E-state index in [1.54, 1.807) is 11.5 Å². The Morgan fingerprint density at radius 3 is 2.33 bits per heavy atom. The van der Waals surface area contributed by atoms with Gasteiger partial charge in [0.15, 0.2) is 0 Å². The SMILES string of the molecule is CCOC(=O)c1c(C)c(C(=O)N(CC)C2CCCCC2)c(C)n1C. The van der Waals surface area contributed by atoms with Crippen LogP contribution < -0.4 is 0 Å². The molecule has 1 aromatic heterocycles. The molecule has 5 nitrogen and oxygen atoms in total. The molecule has 0 radical (unpaired) electrons. The van der Waals surface area contributed by atoms with Gasteiger partial charge in [-0.05, 0) is 46.1 Å². The molecule has 0 spiro atoms. The Kier molecular flexibility index (Phi) is 6.08. The molecule has 0 saturated heterocycles. The van der Waals surface area contributed by atoms with E-state index in [1.165, 1.54) is 19.3 Å². The number of nitrogens with zero attached hydrogens (tertiary/aromatic N) is 2. The molecule has 24 heavy (non-hydrogen) atoms. The van der Waals surface area contributed by atoms with Crippen LogP contribution in [0.1, 0.15) is 78.1 Å². The Hall–Kier alpha value is -1.78. The first-order chi connectivity index (χ1) is 11.4. The Morgan fingerprint density at radius 1 is 1.17 bits per heavy atom. The molecule has 0 atom stereocenters. The number of rotatable bonds is 5. The van der Waals surface area contributed by atoms with Crippen molar-refractivity contribution in [1.29, 1.82) is 0 Å². The lowest BCUT2D eigenvalue weighted by molar-refractivity contribution is 0.0514. The summed E-state index contributed by atoms with van der Waals surface area (Å²) in [5.74, 6) is -0.314. The first-order valence-corrected chi connectivity index (χ1v) is 9.07. The summed E-state index contributed by atoms with van der Waals surface area (Å²) in [6.45, 7) is 8.60. The van der Waals surface area contributed by atoms with Gasteiger partial charge >= 0.3 is 5.97 Å². The molecule has 1 saturated carbocycles. The molecule has 0 aliphatic heterocycles. The van der Waals surface area contributed by atoms with E-state index in [4.69, 9.17) is 4.74 Å². The Labute approximate surface area is 145 Å². The van der Waals surface area contributed by atoms with Gasteiger partial charge in [-0.2, -0.15) is 0 Å². The van der Waals surface area contributed by atoms with E-state index in [0.29, 0.717) is 30.5 Å². The topological polar surface area (TPSA) is 51.5 Å². The third-order valence-electron chi connectivity index (χ3n) is 5.23. The van der Waals surface area contributed by atoms with Crippen molar-refractivity contribution in [2.75, 3.05) is 13.2 Å². The van der Waals surface area contributed by atoms with Crippen molar-refractivity contribution in [2.24, 2.45) is 7.05 Å². The van der Waals surface area contributed by atoms with Crippen LogP contribution in [0.15, 0.2) is 0 Å². The zero-order valence-electron chi connectivity index (χ0n) is 15.6. The first-order valence-electron chi connectivity index (χ1n) is 9.07. The number of carbonyl (C=O) groups is 2. The second-order valence-electron chi connectivity index (χ2n) is 6.60. The maximum atomic E-state index is 13.2. The summed E-state index contributed by atoms with van der Waals surface area (Å²) in [5, 5.41) is 0. The van der Waals surface area contributed by atoms with Gasteiger partial charge in [0.1, 0.15) is 5.69 Å². The third-order valence-corrected chi connectivity index (χ3v) is 5.23. The number of ether oxygens (including phenoxy) is 1. The Bertz CT molecular complexity index is 613. The van der Waals surface area contributed by atoms with Crippen LogP contribution >= 0.6 is 0 Å². The van der Waals surface area contributed by atoms with E-state index in [0.717, 1.165) is 24.1 Å². The van der Waals surface area contributed by atoms with Gasteiger partial charge in [-0.25, -0.2) is 4.79 Å². The molecule has 1 aromatic rings. The van der Waals surface area contributed by atoms with Gasteiger partial charge in [0.05, 0.1) is 12.2 Å². The van der Waals surface area contributed by atoms with Crippen LogP contribution in [-0.4, -0.2) is 40.5 Å². The van der Waals surface area contributed by atoms with Gasteiger partial charge in [-0.1, -0.05) is 19.3 Å². The van der Waals surface area contributed by atoms with Gasteiger partial charge in [0.25, 0.3) is 5.91 Å². The molecule has 1 heterocycles. The summed E-state index contributed by atoms with van der Waals surface area (Å²) in [6.07, 6.45) is 5.80. The summed E-state index contributed by atoms with van der Waals surface area (Å²) < 4.78 is 6.94. The average Bonchev–Trinajstić information content (AvgIpc) is 2.79. The van der Waals surface area contributed by atoms with Gasteiger partial charge in [-0.15, -0.1) is 0 Å². The predicted molar refractivity (Wildman–Crippen MR) is 94.4 cm³/mol. The number of hydrogen-bond acceptors (Lipinski definition) is 3. The molecule has 0 bridgehead atoms. The summed E-state index contributed by atoms with van der Waals surface area (Å²) in [7, 11) is 1.82. The van der Waals surface area contributed by atoms with Gasteiger partial charge in [-0.3, -0.25) is 4.79 Å². The van der Waals surface area contributed by atoms with Crippen LogP contribution in [-0.2, 0) is 11.8 Å². The molecule has 0 N–H and O–H groups in total. The van der Waals surface area contributed by atoms with E-state index < -0.39 is 0 Å². The van der Waals surface area contributed by atoms with Crippen molar-refractivity contribution in [3.05, 3.63) is 22.5 Å². The van der Waals surface area contributed by atoms with Crippen molar-refractivity contribution in [2.45, 2.75) is 65.8 Å². The standard InChI is InChI=1S/C19H30N2O3/c1-6-21(15-11-9-8-10-12-15)18(22)16-13(3)17(19(23)24-7-2)20(5)14(16)4/h15H,6-12H2,1-5H3. The highest BCUT2D eigenvalue weighted by atomic mass is 16.5. The Morgan fingerprint density at radius 2 is 1.79 bits per heavy atom. The maximum absolute atomic E-state index is 13.2. The van der Waals surface area contributed by atoms with E-state index >= 15 is 0 Å². The van der Waals surface area contributed by atoms with Crippen molar-refractivity contribution in [3.63, 3.8) is 0 Å². The number of hydrogen-bond donors (Lipinski definition) is 0. The summed E-state index contributed by atoms with van der Waals surface area (Å²) >= 11 is 0. The van der Waals surface area contributed by atoms with Crippen LogP contribution in [0.2, 0.25) is 0 Å². The van der Waals surface area contributed by atoms with Gasteiger partial charge in [0, 0.05) is 25.3 Å². The summed E-state index contributed by atoms with van der Waals surface area (Å²) in [5.41, 5.74) is 2.70. The van der Waals surface area contributed by atoms with Crippen LogP contribution in [0.5, 0.6) is 0 Å². The van der Waals surface area contributed by atoms with E-state index in [-0.39, 0.29) is 11.9 Å². The lowest BCUT2D eigenvalue weighted by Gasteiger charge is -2.33. The van der Waals surface area contributed by atoms with Gasteiger partial charge < -0.3 is 14.2 Å². The highest BCUT2D eigenvalue weighted by molar-refractivity contribution is 6.01. The third kappa shape index (κ3) is 3.35. The first kappa shape index (κ1) is 18.6. The number of amides is 1. The number of carbonyl (C=O) groups excluding carboxylic acids is 2. The maximum Gasteiger partial charge on any atom is 0.355 e. The second kappa shape index (κ2) is 7.86. The van der Waals surface area contributed by atoms with Crippen molar-refractivity contribution >= 4 is 11.9 Å². The molecule has 2 rings (SSSR count). The minimum atomic E-state index is -0.361. The fraction of sp³-hybridized carbons (Fsp3) is 0.684. The predicted octanol–water partition coefficient (Wildman–Crippen LogP) is 3.61. The molecule has 0 unspecified atom stereocenters. The smallest absolute Gasteiger partial charge is 0.355 e. The van der Waals surface area contributed by atoms with Crippen molar-refractivity contribution < 1.29 is 14.3 Å². The van der Waals surface area contributed by atoms with Gasteiger partial charge in [0.2, 0.25) is 0 Å².